The summed E-state index contributed by atoms with van der Waals surface area (Å²) in [5.74, 6) is 0. The second-order valence-electron chi connectivity index (χ2n) is 4.69. The van der Waals surface area contributed by atoms with Gasteiger partial charge < -0.3 is 5.73 Å². The molecule has 0 amide bonds. The number of hydrogen-bond donors (Lipinski definition) is 1. The molecule has 2 N–H and O–H groups in total. The second-order valence-corrected chi connectivity index (χ2v) is 4.69. The third kappa shape index (κ3) is 1.95. The zero-order valence-corrected chi connectivity index (χ0v) is 10.4. The van der Waals surface area contributed by atoms with E-state index in [1.165, 1.54) is 21.9 Å². The molecule has 3 rings (SSSR count). The number of anilines is 1. The van der Waals surface area contributed by atoms with Crippen molar-refractivity contribution < 1.29 is 0 Å². The standard InChI is InChI=1S/C17H15N/c1-12-5-6-15-10-16(8-7-14(15)9-12)13-3-2-4-17(18)11-13/h2-11H,18H2,1H3. The number of nitrogens with two attached hydrogens (primary N) is 1. The van der Waals surface area contributed by atoms with Crippen LogP contribution in [-0.4, -0.2) is 0 Å². The van der Waals surface area contributed by atoms with Gasteiger partial charge in [0.05, 0.1) is 0 Å². The number of aryl methyl sites for hydroxylation is 1. The van der Waals surface area contributed by atoms with Crippen LogP contribution < -0.4 is 5.73 Å². The van der Waals surface area contributed by atoms with Gasteiger partial charge in [-0.05, 0) is 47.0 Å². The Morgan fingerprint density at radius 3 is 2.28 bits per heavy atom. The zero-order chi connectivity index (χ0) is 12.5. The molecule has 0 atom stereocenters. The van der Waals surface area contributed by atoms with E-state index in [0.717, 1.165) is 11.3 Å². The van der Waals surface area contributed by atoms with Crippen LogP contribution in [0.3, 0.4) is 0 Å². The van der Waals surface area contributed by atoms with E-state index in [0.29, 0.717) is 0 Å². The summed E-state index contributed by atoms with van der Waals surface area (Å²) >= 11 is 0. The van der Waals surface area contributed by atoms with Gasteiger partial charge in [-0.1, -0.05) is 48.0 Å². The Hall–Kier alpha value is -2.28. The lowest BCUT2D eigenvalue weighted by Gasteiger charge is -2.05. The Bertz CT molecular complexity index is 714. The number of fused-ring (bicyclic) bond motifs is 1. The molecule has 0 bridgehead atoms. The second kappa shape index (κ2) is 4.19. The fraction of sp³-hybridized carbons (Fsp3) is 0.0588. The maximum Gasteiger partial charge on any atom is 0.0320 e. The largest absolute Gasteiger partial charge is 0.399 e. The molecule has 18 heavy (non-hydrogen) atoms. The van der Waals surface area contributed by atoms with Crippen molar-refractivity contribution in [2.24, 2.45) is 0 Å². The average molecular weight is 233 g/mol. The first kappa shape index (κ1) is 10.8. The highest BCUT2D eigenvalue weighted by molar-refractivity contribution is 5.88. The highest BCUT2D eigenvalue weighted by Gasteiger charge is 2.00. The van der Waals surface area contributed by atoms with Gasteiger partial charge in [-0.2, -0.15) is 0 Å². The van der Waals surface area contributed by atoms with Gasteiger partial charge >= 0.3 is 0 Å². The fourth-order valence-electron chi connectivity index (χ4n) is 2.26. The quantitative estimate of drug-likeness (QED) is 0.619. The minimum absolute atomic E-state index is 0.802. The molecule has 0 fully saturated rings. The van der Waals surface area contributed by atoms with Gasteiger partial charge in [0.25, 0.3) is 0 Å². The predicted octanol–water partition coefficient (Wildman–Crippen LogP) is 4.40. The van der Waals surface area contributed by atoms with E-state index in [1.54, 1.807) is 0 Å². The van der Waals surface area contributed by atoms with Crippen molar-refractivity contribution in [3.05, 3.63) is 66.2 Å². The maximum absolute atomic E-state index is 5.83. The predicted molar refractivity (Wildman–Crippen MR) is 78.5 cm³/mol. The van der Waals surface area contributed by atoms with Crippen molar-refractivity contribution in [2.75, 3.05) is 5.73 Å². The average Bonchev–Trinajstić information content (AvgIpc) is 2.38. The number of hydrogen-bond acceptors (Lipinski definition) is 1. The van der Waals surface area contributed by atoms with E-state index in [4.69, 9.17) is 5.73 Å². The van der Waals surface area contributed by atoms with Gasteiger partial charge in [0, 0.05) is 5.69 Å². The van der Waals surface area contributed by atoms with Crippen molar-refractivity contribution in [2.45, 2.75) is 6.92 Å². The highest BCUT2D eigenvalue weighted by atomic mass is 14.5. The summed E-state index contributed by atoms with van der Waals surface area (Å²) in [5, 5.41) is 2.54. The molecular formula is C17H15N. The topological polar surface area (TPSA) is 26.0 Å². The van der Waals surface area contributed by atoms with Crippen LogP contribution in [0.25, 0.3) is 21.9 Å². The van der Waals surface area contributed by atoms with E-state index in [-0.39, 0.29) is 0 Å². The molecule has 0 unspecified atom stereocenters. The van der Waals surface area contributed by atoms with Gasteiger partial charge in [0.2, 0.25) is 0 Å². The minimum Gasteiger partial charge on any atom is -0.399 e. The summed E-state index contributed by atoms with van der Waals surface area (Å²) in [6.45, 7) is 2.12. The van der Waals surface area contributed by atoms with Crippen LogP contribution in [0.1, 0.15) is 5.56 Å². The van der Waals surface area contributed by atoms with Crippen LogP contribution >= 0.6 is 0 Å². The summed E-state index contributed by atoms with van der Waals surface area (Å²) in [6.07, 6.45) is 0. The van der Waals surface area contributed by atoms with Gasteiger partial charge in [0.1, 0.15) is 0 Å². The summed E-state index contributed by atoms with van der Waals surface area (Å²) in [4.78, 5) is 0. The molecule has 0 aliphatic heterocycles. The maximum atomic E-state index is 5.83. The molecule has 0 aromatic heterocycles. The van der Waals surface area contributed by atoms with Crippen molar-refractivity contribution in [1.29, 1.82) is 0 Å². The Morgan fingerprint density at radius 1 is 0.722 bits per heavy atom. The number of benzene rings is 3. The molecule has 0 radical (unpaired) electrons. The highest BCUT2D eigenvalue weighted by Crippen LogP contribution is 2.26. The number of nitrogen functional groups attached to an aromatic ring is 1. The fourth-order valence-corrected chi connectivity index (χ4v) is 2.26. The molecule has 3 aromatic carbocycles. The summed E-state index contributed by atoms with van der Waals surface area (Å²) in [5.41, 5.74) is 10.3. The van der Waals surface area contributed by atoms with E-state index in [9.17, 15) is 0 Å². The minimum atomic E-state index is 0.802. The lowest BCUT2D eigenvalue weighted by molar-refractivity contribution is 1.50. The molecule has 1 heteroatoms. The summed E-state index contributed by atoms with van der Waals surface area (Å²) in [6, 6.07) is 21.0. The molecule has 0 heterocycles. The molecular weight excluding hydrogens is 218 g/mol. The van der Waals surface area contributed by atoms with E-state index < -0.39 is 0 Å². The zero-order valence-electron chi connectivity index (χ0n) is 10.4. The first-order chi connectivity index (χ1) is 8.72. The van der Waals surface area contributed by atoms with Crippen molar-refractivity contribution in [3.63, 3.8) is 0 Å². The van der Waals surface area contributed by atoms with Crippen LogP contribution in [0.15, 0.2) is 60.7 Å². The smallest absolute Gasteiger partial charge is 0.0320 e. The van der Waals surface area contributed by atoms with Crippen LogP contribution in [0.2, 0.25) is 0 Å². The molecule has 3 aromatic rings. The first-order valence-electron chi connectivity index (χ1n) is 6.09. The van der Waals surface area contributed by atoms with Crippen LogP contribution in [0.5, 0.6) is 0 Å². The molecule has 0 saturated heterocycles. The van der Waals surface area contributed by atoms with Gasteiger partial charge in [0.15, 0.2) is 0 Å². The summed E-state index contributed by atoms with van der Waals surface area (Å²) in [7, 11) is 0. The van der Waals surface area contributed by atoms with Crippen molar-refractivity contribution in [3.8, 4) is 11.1 Å². The third-order valence-corrected chi connectivity index (χ3v) is 3.22. The molecule has 0 aliphatic rings. The lowest BCUT2D eigenvalue weighted by Crippen LogP contribution is -1.85. The Morgan fingerprint density at radius 2 is 1.44 bits per heavy atom. The Labute approximate surface area is 107 Å². The molecule has 0 spiro atoms. The molecule has 88 valence electrons. The lowest BCUT2D eigenvalue weighted by atomic mass is 10.00. The Kier molecular flexibility index (Phi) is 2.52. The number of rotatable bonds is 1. The normalized spacial score (nSPS) is 10.7. The summed E-state index contributed by atoms with van der Waals surface area (Å²) < 4.78 is 0. The van der Waals surface area contributed by atoms with Crippen LogP contribution in [-0.2, 0) is 0 Å². The van der Waals surface area contributed by atoms with Gasteiger partial charge in [-0.15, -0.1) is 0 Å². The van der Waals surface area contributed by atoms with Gasteiger partial charge in [-0.25, -0.2) is 0 Å². The third-order valence-electron chi connectivity index (χ3n) is 3.22. The van der Waals surface area contributed by atoms with Crippen LogP contribution in [0.4, 0.5) is 5.69 Å². The molecule has 0 saturated carbocycles. The van der Waals surface area contributed by atoms with Crippen LogP contribution in [0, 0.1) is 6.92 Å². The van der Waals surface area contributed by atoms with E-state index >= 15 is 0 Å². The van der Waals surface area contributed by atoms with Gasteiger partial charge in [-0.3, -0.25) is 0 Å². The van der Waals surface area contributed by atoms with E-state index in [1.807, 2.05) is 18.2 Å². The SMILES string of the molecule is Cc1ccc2cc(-c3cccc(N)c3)ccc2c1. The monoisotopic (exact) mass is 233 g/mol. The molecule has 1 nitrogen and oxygen atoms in total. The van der Waals surface area contributed by atoms with Crippen molar-refractivity contribution in [1.82, 2.24) is 0 Å². The Balaban J connectivity index is 2.16. The van der Waals surface area contributed by atoms with Crippen molar-refractivity contribution >= 4 is 16.5 Å². The molecule has 0 aliphatic carbocycles. The first-order valence-corrected chi connectivity index (χ1v) is 6.09. The van der Waals surface area contributed by atoms with E-state index in [2.05, 4.69) is 49.4 Å².